The molecule has 0 radical (unpaired) electrons. The number of hydrogen-bond acceptors (Lipinski definition) is 3. The second-order valence-corrected chi connectivity index (χ2v) is 4.06. The Hall–Kier alpha value is -1.81. The molecule has 0 saturated heterocycles. The summed E-state index contributed by atoms with van der Waals surface area (Å²) in [7, 11) is 0. The van der Waals surface area contributed by atoms with Crippen LogP contribution in [-0.4, -0.2) is 21.5 Å². The summed E-state index contributed by atoms with van der Waals surface area (Å²) < 4.78 is 1.74. The van der Waals surface area contributed by atoms with Crippen LogP contribution in [0.3, 0.4) is 0 Å². The molecule has 0 spiro atoms. The van der Waals surface area contributed by atoms with E-state index >= 15 is 0 Å². The third-order valence-electron chi connectivity index (χ3n) is 2.53. The minimum atomic E-state index is 0.117. The van der Waals surface area contributed by atoms with Crippen LogP contribution in [0, 0.1) is 6.92 Å². The Balaban J connectivity index is 1.93. The molecule has 0 bridgehead atoms. The number of aromatic nitrogens is 2. The maximum Gasteiger partial charge on any atom is 0.0640 e. The summed E-state index contributed by atoms with van der Waals surface area (Å²) in [6.45, 7) is 3.48. The van der Waals surface area contributed by atoms with Crippen LogP contribution < -0.4 is 5.32 Å². The second-order valence-electron chi connectivity index (χ2n) is 4.06. The summed E-state index contributed by atoms with van der Waals surface area (Å²) in [5.74, 6) is 0. The van der Waals surface area contributed by atoms with Crippen molar-refractivity contribution in [1.29, 1.82) is 0 Å². The van der Waals surface area contributed by atoms with Crippen LogP contribution in [0.1, 0.15) is 11.1 Å². The first-order chi connectivity index (χ1) is 8.28. The van der Waals surface area contributed by atoms with Crippen molar-refractivity contribution in [2.75, 3.05) is 11.9 Å². The molecule has 1 aromatic carbocycles. The molecular weight excluding hydrogens is 214 g/mol. The number of aliphatic hydroxyl groups is 1. The van der Waals surface area contributed by atoms with E-state index in [-0.39, 0.29) is 6.61 Å². The zero-order valence-corrected chi connectivity index (χ0v) is 9.93. The number of aryl methyl sites for hydroxylation is 1. The molecule has 0 aliphatic heterocycles. The molecule has 1 aromatic heterocycles. The highest BCUT2D eigenvalue weighted by atomic mass is 16.3. The van der Waals surface area contributed by atoms with Crippen LogP contribution in [0.25, 0.3) is 0 Å². The van der Waals surface area contributed by atoms with Crippen molar-refractivity contribution >= 4 is 5.69 Å². The number of nitrogens with zero attached hydrogens (tertiary/aromatic N) is 2. The lowest BCUT2D eigenvalue weighted by Crippen LogP contribution is -2.02. The van der Waals surface area contributed by atoms with Gasteiger partial charge in [-0.1, -0.05) is 12.1 Å². The average molecular weight is 231 g/mol. The van der Waals surface area contributed by atoms with Gasteiger partial charge in [-0.25, -0.2) is 0 Å². The molecule has 1 heterocycles. The van der Waals surface area contributed by atoms with Gasteiger partial charge in [-0.15, -0.1) is 0 Å². The third-order valence-corrected chi connectivity index (χ3v) is 2.53. The van der Waals surface area contributed by atoms with E-state index in [0.717, 1.165) is 17.8 Å². The van der Waals surface area contributed by atoms with E-state index < -0.39 is 0 Å². The summed E-state index contributed by atoms with van der Waals surface area (Å²) in [6.07, 6.45) is 3.76. The van der Waals surface area contributed by atoms with Gasteiger partial charge in [-0.05, 0) is 24.6 Å². The maximum atomic E-state index is 8.79. The van der Waals surface area contributed by atoms with Crippen molar-refractivity contribution in [3.05, 3.63) is 47.8 Å². The topological polar surface area (TPSA) is 50.1 Å². The fraction of sp³-hybridized carbons (Fsp3) is 0.308. The Labute approximate surface area is 101 Å². The molecule has 0 aliphatic rings. The molecule has 2 aromatic rings. The molecule has 0 atom stereocenters. The van der Waals surface area contributed by atoms with Crippen LogP contribution in [0.4, 0.5) is 5.69 Å². The van der Waals surface area contributed by atoms with E-state index in [2.05, 4.69) is 29.5 Å². The largest absolute Gasteiger partial charge is 0.394 e. The predicted octanol–water partition coefficient (Wildman–Crippen LogP) is 1.80. The molecule has 17 heavy (non-hydrogen) atoms. The lowest BCUT2D eigenvalue weighted by atomic mass is 10.2. The van der Waals surface area contributed by atoms with Gasteiger partial charge in [0.05, 0.1) is 19.3 Å². The fourth-order valence-electron chi connectivity index (χ4n) is 1.68. The first-order valence-electron chi connectivity index (χ1n) is 5.70. The summed E-state index contributed by atoms with van der Waals surface area (Å²) in [5.41, 5.74) is 3.46. The molecule has 0 amide bonds. The predicted molar refractivity (Wildman–Crippen MR) is 67.8 cm³/mol. The van der Waals surface area contributed by atoms with Crippen LogP contribution in [0.15, 0.2) is 36.7 Å². The van der Waals surface area contributed by atoms with Crippen molar-refractivity contribution in [3.63, 3.8) is 0 Å². The Morgan fingerprint density at radius 3 is 3.06 bits per heavy atom. The number of hydrogen-bond donors (Lipinski definition) is 2. The van der Waals surface area contributed by atoms with E-state index in [4.69, 9.17) is 5.11 Å². The molecular formula is C13H17N3O. The molecule has 90 valence electrons. The Kier molecular flexibility index (Phi) is 3.77. The number of anilines is 1. The first-order valence-corrected chi connectivity index (χ1v) is 5.70. The van der Waals surface area contributed by atoms with Crippen molar-refractivity contribution in [2.45, 2.75) is 20.0 Å². The van der Waals surface area contributed by atoms with Gasteiger partial charge in [0.2, 0.25) is 0 Å². The van der Waals surface area contributed by atoms with E-state index in [0.29, 0.717) is 6.54 Å². The maximum absolute atomic E-state index is 8.79. The van der Waals surface area contributed by atoms with Crippen LogP contribution in [0.5, 0.6) is 0 Å². The fourth-order valence-corrected chi connectivity index (χ4v) is 1.68. The molecule has 4 heteroatoms. The van der Waals surface area contributed by atoms with Crippen molar-refractivity contribution in [1.82, 2.24) is 9.78 Å². The first kappa shape index (κ1) is 11.7. The van der Waals surface area contributed by atoms with Gasteiger partial charge in [0.25, 0.3) is 0 Å². The minimum Gasteiger partial charge on any atom is -0.394 e. The number of benzene rings is 1. The van der Waals surface area contributed by atoms with Gasteiger partial charge < -0.3 is 10.4 Å². The van der Waals surface area contributed by atoms with E-state index in [9.17, 15) is 0 Å². The van der Waals surface area contributed by atoms with Gasteiger partial charge in [0.15, 0.2) is 0 Å². The van der Waals surface area contributed by atoms with Gasteiger partial charge in [-0.3, -0.25) is 4.68 Å². The molecule has 4 nitrogen and oxygen atoms in total. The normalized spacial score (nSPS) is 10.5. The van der Waals surface area contributed by atoms with Crippen molar-refractivity contribution in [3.8, 4) is 0 Å². The third kappa shape index (κ3) is 3.32. The standard InChI is InChI=1S/C13H17N3O/c1-11-3-2-4-13(7-11)14-8-12-9-15-16(10-12)5-6-17/h2-4,7,9-10,14,17H,5-6,8H2,1H3. The van der Waals surface area contributed by atoms with Crippen LogP contribution in [-0.2, 0) is 13.1 Å². The van der Waals surface area contributed by atoms with Gasteiger partial charge >= 0.3 is 0 Å². The monoisotopic (exact) mass is 231 g/mol. The van der Waals surface area contributed by atoms with Crippen molar-refractivity contribution < 1.29 is 5.11 Å². The van der Waals surface area contributed by atoms with E-state index in [1.807, 2.05) is 24.5 Å². The minimum absolute atomic E-state index is 0.117. The zero-order chi connectivity index (χ0) is 12.1. The molecule has 0 fully saturated rings. The molecule has 0 aliphatic carbocycles. The zero-order valence-electron chi connectivity index (χ0n) is 9.93. The SMILES string of the molecule is Cc1cccc(NCc2cnn(CCO)c2)c1. The smallest absolute Gasteiger partial charge is 0.0640 e. The molecule has 0 unspecified atom stereocenters. The quantitative estimate of drug-likeness (QED) is 0.825. The van der Waals surface area contributed by atoms with E-state index in [1.165, 1.54) is 5.56 Å². The summed E-state index contributed by atoms with van der Waals surface area (Å²) >= 11 is 0. The summed E-state index contributed by atoms with van der Waals surface area (Å²) in [4.78, 5) is 0. The Bertz CT molecular complexity index is 479. The number of nitrogens with one attached hydrogen (secondary N) is 1. The average Bonchev–Trinajstić information content (AvgIpc) is 2.75. The highest BCUT2D eigenvalue weighted by Gasteiger charge is 1.98. The number of aliphatic hydroxyl groups excluding tert-OH is 1. The second kappa shape index (κ2) is 5.50. The van der Waals surface area contributed by atoms with Crippen molar-refractivity contribution in [2.24, 2.45) is 0 Å². The Morgan fingerprint density at radius 1 is 1.41 bits per heavy atom. The van der Waals surface area contributed by atoms with Gasteiger partial charge in [0.1, 0.15) is 0 Å². The molecule has 2 rings (SSSR count). The van der Waals surface area contributed by atoms with Gasteiger partial charge in [-0.2, -0.15) is 5.10 Å². The lowest BCUT2D eigenvalue weighted by Gasteiger charge is -2.05. The molecule has 2 N–H and O–H groups in total. The lowest BCUT2D eigenvalue weighted by molar-refractivity contribution is 0.269. The van der Waals surface area contributed by atoms with Crippen LogP contribution in [0.2, 0.25) is 0 Å². The van der Waals surface area contributed by atoms with Crippen LogP contribution >= 0.6 is 0 Å². The highest BCUT2D eigenvalue weighted by Crippen LogP contribution is 2.11. The van der Waals surface area contributed by atoms with E-state index in [1.54, 1.807) is 4.68 Å². The van der Waals surface area contributed by atoms with Gasteiger partial charge in [0, 0.05) is 24.0 Å². The molecule has 0 saturated carbocycles. The highest BCUT2D eigenvalue weighted by molar-refractivity contribution is 5.45. The number of rotatable bonds is 5. The Morgan fingerprint density at radius 2 is 2.29 bits per heavy atom. The summed E-state index contributed by atoms with van der Waals surface area (Å²) in [5, 5.41) is 16.3. The summed E-state index contributed by atoms with van der Waals surface area (Å²) in [6, 6.07) is 8.26.